The molecule has 1 saturated carbocycles. The topological polar surface area (TPSA) is 37.3 Å². The molecule has 2 rings (SSSR count). The van der Waals surface area contributed by atoms with E-state index < -0.39 is 11.4 Å². The SMILES string of the molecule is CC(CC1CCCC1)(C(=O)O)c1ccccc1. The van der Waals surface area contributed by atoms with Gasteiger partial charge in [-0.15, -0.1) is 0 Å². The van der Waals surface area contributed by atoms with E-state index in [1.54, 1.807) is 0 Å². The van der Waals surface area contributed by atoms with Gasteiger partial charge in [-0.1, -0.05) is 56.0 Å². The molecule has 1 atom stereocenters. The number of benzene rings is 1. The summed E-state index contributed by atoms with van der Waals surface area (Å²) in [5.41, 5.74) is 0.204. The summed E-state index contributed by atoms with van der Waals surface area (Å²) < 4.78 is 0. The van der Waals surface area contributed by atoms with Crippen LogP contribution in [-0.4, -0.2) is 11.1 Å². The van der Waals surface area contributed by atoms with Gasteiger partial charge < -0.3 is 5.11 Å². The molecule has 1 aromatic rings. The predicted octanol–water partition coefficient (Wildman–Crippen LogP) is 3.61. The molecule has 17 heavy (non-hydrogen) atoms. The summed E-state index contributed by atoms with van der Waals surface area (Å²) >= 11 is 0. The maximum absolute atomic E-state index is 11.6. The van der Waals surface area contributed by atoms with Crippen LogP contribution in [0.15, 0.2) is 30.3 Å². The fraction of sp³-hybridized carbons (Fsp3) is 0.533. The maximum atomic E-state index is 11.6. The van der Waals surface area contributed by atoms with E-state index in [1.165, 1.54) is 25.7 Å². The summed E-state index contributed by atoms with van der Waals surface area (Å²) in [5.74, 6) is -0.119. The molecular formula is C15H20O2. The van der Waals surface area contributed by atoms with E-state index in [4.69, 9.17) is 0 Å². The van der Waals surface area contributed by atoms with Gasteiger partial charge >= 0.3 is 5.97 Å². The van der Waals surface area contributed by atoms with Crippen LogP contribution < -0.4 is 0 Å². The molecule has 0 aromatic heterocycles. The van der Waals surface area contributed by atoms with E-state index >= 15 is 0 Å². The molecule has 2 nitrogen and oxygen atoms in total. The summed E-state index contributed by atoms with van der Waals surface area (Å²) in [4.78, 5) is 11.6. The Labute approximate surface area is 103 Å². The van der Waals surface area contributed by atoms with E-state index in [9.17, 15) is 9.90 Å². The molecule has 1 aliphatic rings. The average Bonchev–Trinajstić information content (AvgIpc) is 2.82. The van der Waals surface area contributed by atoms with E-state index in [2.05, 4.69) is 0 Å². The number of carboxylic acids is 1. The zero-order valence-corrected chi connectivity index (χ0v) is 10.4. The lowest BCUT2D eigenvalue weighted by atomic mass is 9.75. The molecule has 1 aromatic carbocycles. The van der Waals surface area contributed by atoms with Crippen LogP contribution in [0.1, 0.15) is 44.6 Å². The highest BCUT2D eigenvalue weighted by molar-refractivity contribution is 5.80. The first-order chi connectivity index (χ1) is 8.13. The number of hydrogen-bond donors (Lipinski definition) is 1. The highest BCUT2D eigenvalue weighted by atomic mass is 16.4. The van der Waals surface area contributed by atoms with Crippen molar-refractivity contribution in [3.63, 3.8) is 0 Å². The third kappa shape index (κ3) is 2.51. The number of hydrogen-bond acceptors (Lipinski definition) is 1. The van der Waals surface area contributed by atoms with Gasteiger partial charge in [-0.25, -0.2) is 0 Å². The van der Waals surface area contributed by atoms with Gasteiger partial charge in [0, 0.05) is 0 Å². The predicted molar refractivity (Wildman–Crippen MR) is 68.0 cm³/mol. The summed E-state index contributed by atoms with van der Waals surface area (Å²) in [5, 5.41) is 9.55. The number of aliphatic carboxylic acids is 1. The maximum Gasteiger partial charge on any atom is 0.313 e. The highest BCUT2D eigenvalue weighted by Crippen LogP contribution is 2.38. The van der Waals surface area contributed by atoms with Crippen molar-refractivity contribution in [2.24, 2.45) is 5.92 Å². The van der Waals surface area contributed by atoms with Gasteiger partial charge in [0.25, 0.3) is 0 Å². The third-order valence-corrected chi connectivity index (χ3v) is 4.05. The Morgan fingerprint density at radius 1 is 1.29 bits per heavy atom. The molecule has 0 bridgehead atoms. The second kappa shape index (κ2) is 4.91. The summed E-state index contributed by atoms with van der Waals surface area (Å²) in [7, 11) is 0. The van der Waals surface area contributed by atoms with E-state index in [-0.39, 0.29) is 0 Å². The zero-order chi connectivity index (χ0) is 12.3. The van der Waals surface area contributed by atoms with Crippen LogP contribution in [0.2, 0.25) is 0 Å². The first kappa shape index (κ1) is 12.2. The minimum Gasteiger partial charge on any atom is -0.481 e. The molecule has 1 aliphatic carbocycles. The fourth-order valence-electron chi connectivity index (χ4n) is 2.93. The molecule has 1 fully saturated rings. The van der Waals surface area contributed by atoms with Crippen LogP contribution in [-0.2, 0) is 10.2 Å². The zero-order valence-electron chi connectivity index (χ0n) is 10.4. The lowest BCUT2D eigenvalue weighted by Crippen LogP contribution is -2.34. The van der Waals surface area contributed by atoms with Crippen molar-refractivity contribution in [2.75, 3.05) is 0 Å². The van der Waals surface area contributed by atoms with Crippen molar-refractivity contribution in [3.8, 4) is 0 Å². The standard InChI is InChI=1S/C15H20O2/c1-15(14(16)17,11-12-7-5-6-8-12)13-9-3-2-4-10-13/h2-4,9-10,12H,5-8,11H2,1H3,(H,16,17). The molecule has 2 heteroatoms. The molecule has 0 spiro atoms. The molecular weight excluding hydrogens is 212 g/mol. The Bertz CT molecular complexity index is 379. The minimum absolute atomic E-state index is 0.580. The van der Waals surface area contributed by atoms with Crippen LogP contribution in [0.4, 0.5) is 0 Å². The smallest absolute Gasteiger partial charge is 0.313 e. The normalized spacial score (nSPS) is 20.1. The summed E-state index contributed by atoms with van der Waals surface area (Å²) in [6, 6.07) is 9.64. The lowest BCUT2D eigenvalue weighted by Gasteiger charge is -2.28. The minimum atomic E-state index is -0.726. The van der Waals surface area contributed by atoms with Crippen molar-refractivity contribution in [2.45, 2.75) is 44.4 Å². The van der Waals surface area contributed by atoms with Crippen molar-refractivity contribution < 1.29 is 9.90 Å². The van der Waals surface area contributed by atoms with Gasteiger partial charge in [-0.3, -0.25) is 4.79 Å². The second-order valence-electron chi connectivity index (χ2n) is 5.36. The van der Waals surface area contributed by atoms with Gasteiger partial charge in [0.05, 0.1) is 5.41 Å². The molecule has 92 valence electrons. The monoisotopic (exact) mass is 232 g/mol. The van der Waals surface area contributed by atoms with Crippen LogP contribution in [0, 0.1) is 5.92 Å². The molecule has 1 unspecified atom stereocenters. The van der Waals surface area contributed by atoms with Gasteiger partial charge in [-0.05, 0) is 24.8 Å². The van der Waals surface area contributed by atoms with Crippen LogP contribution >= 0.6 is 0 Å². The molecule has 0 amide bonds. The molecule has 0 radical (unpaired) electrons. The van der Waals surface area contributed by atoms with E-state index in [0.29, 0.717) is 5.92 Å². The van der Waals surface area contributed by atoms with Crippen LogP contribution in [0.25, 0.3) is 0 Å². The van der Waals surface area contributed by atoms with Gasteiger partial charge in [0.15, 0.2) is 0 Å². The first-order valence-corrected chi connectivity index (χ1v) is 6.42. The van der Waals surface area contributed by atoms with Crippen molar-refractivity contribution in [1.29, 1.82) is 0 Å². The Hall–Kier alpha value is -1.31. The Morgan fingerprint density at radius 3 is 2.41 bits per heavy atom. The second-order valence-corrected chi connectivity index (χ2v) is 5.36. The lowest BCUT2D eigenvalue weighted by molar-refractivity contribution is -0.144. The average molecular weight is 232 g/mol. The van der Waals surface area contributed by atoms with Crippen LogP contribution in [0.5, 0.6) is 0 Å². The fourth-order valence-corrected chi connectivity index (χ4v) is 2.93. The van der Waals surface area contributed by atoms with Crippen molar-refractivity contribution >= 4 is 5.97 Å². The summed E-state index contributed by atoms with van der Waals surface area (Å²) in [6.45, 7) is 1.86. The largest absolute Gasteiger partial charge is 0.481 e. The molecule has 1 N–H and O–H groups in total. The van der Waals surface area contributed by atoms with Crippen LogP contribution in [0.3, 0.4) is 0 Å². The quantitative estimate of drug-likeness (QED) is 0.861. The van der Waals surface area contributed by atoms with Gasteiger partial charge in [0.1, 0.15) is 0 Å². The first-order valence-electron chi connectivity index (χ1n) is 6.42. The van der Waals surface area contributed by atoms with Crippen molar-refractivity contribution in [3.05, 3.63) is 35.9 Å². The number of rotatable bonds is 4. The highest BCUT2D eigenvalue weighted by Gasteiger charge is 2.37. The van der Waals surface area contributed by atoms with Gasteiger partial charge in [0.2, 0.25) is 0 Å². The summed E-state index contributed by atoms with van der Waals surface area (Å²) in [6.07, 6.45) is 5.67. The number of carboxylic acid groups (broad SMARTS) is 1. The molecule has 0 aliphatic heterocycles. The van der Waals surface area contributed by atoms with Crippen molar-refractivity contribution in [1.82, 2.24) is 0 Å². The Morgan fingerprint density at radius 2 is 1.88 bits per heavy atom. The Kier molecular flexibility index (Phi) is 3.51. The third-order valence-electron chi connectivity index (χ3n) is 4.05. The Balaban J connectivity index is 2.23. The molecule has 0 saturated heterocycles. The molecule has 0 heterocycles. The van der Waals surface area contributed by atoms with Gasteiger partial charge in [-0.2, -0.15) is 0 Å². The van der Waals surface area contributed by atoms with E-state index in [0.717, 1.165) is 12.0 Å². The van der Waals surface area contributed by atoms with E-state index in [1.807, 2.05) is 37.3 Å². The number of carbonyl (C=O) groups is 1.